The number of hydrogen-bond donors (Lipinski definition) is 0. The Morgan fingerprint density at radius 3 is 1.97 bits per heavy atom. The van der Waals surface area contributed by atoms with E-state index in [1.807, 2.05) is 24.3 Å². The predicted molar refractivity (Wildman–Crippen MR) is 123 cm³/mol. The molecule has 0 spiro atoms. The van der Waals surface area contributed by atoms with Crippen molar-refractivity contribution in [2.45, 2.75) is 57.8 Å². The zero-order valence-corrected chi connectivity index (χ0v) is 18.7. The van der Waals surface area contributed by atoms with Crippen LogP contribution in [-0.4, -0.2) is 17.5 Å². The van der Waals surface area contributed by atoms with E-state index in [0.717, 1.165) is 54.7 Å². The largest absolute Gasteiger partial charge is 0.465 e. The van der Waals surface area contributed by atoms with E-state index in [1.165, 1.54) is 0 Å². The number of carbonyl (C=O) groups excluding carboxylic acids is 3. The van der Waals surface area contributed by atoms with Crippen molar-refractivity contribution in [2.24, 2.45) is 0 Å². The predicted octanol–water partition coefficient (Wildman–Crippen LogP) is 5.60. The summed E-state index contributed by atoms with van der Waals surface area (Å²) < 4.78 is 11.6. The first-order valence-electron chi connectivity index (χ1n) is 11.7. The molecule has 2 aromatic rings. The number of hydrogen-bond acceptors (Lipinski definition) is 5. The Morgan fingerprint density at radius 2 is 1.42 bits per heavy atom. The van der Waals surface area contributed by atoms with E-state index in [4.69, 9.17) is 9.47 Å². The SMILES string of the molecule is CCc1ccc(C(=O)Oc2ccc(C3C4=C(CCCC4=O)OC4=C3C(=O)CCC4)cc2)cc1. The van der Waals surface area contributed by atoms with E-state index >= 15 is 0 Å². The molecular weight excluding hydrogens is 416 g/mol. The number of rotatable bonds is 4. The molecule has 168 valence electrons. The van der Waals surface area contributed by atoms with Crippen LogP contribution in [0, 0.1) is 0 Å². The molecule has 0 N–H and O–H groups in total. The lowest BCUT2D eigenvalue weighted by atomic mass is 9.73. The van der Waals surface area contributed by atoms with Gasteiger partial charge in [0.2, 0.25) is 0 Å². The molecule has 0 aromatic heterocycles. The molecule has 5 heteroatoms. The number of carbonyl (C=O) groups is 3. The molecule has 0 radical (unpaired) electrons. The molecular formula is C28H26O5. The number of esters is 1. The van der Waals surface area contributed by atoms with Crippen LogP contribution in [-0.2, 0) is 20.7 Å². The van der Waals surface area contributed by atoms with E-state index in [-0.39, 0.29) is 11.6 Å². The molecule has 0 atom stereocenters. The van der Waals surface area contributed by atoms with Crippen LogP contribution < -0.4 is 4.74 Å². The highest BCUT2D eigenvalue weighted by molar-refractivity contribution is 6.05. The van der Waals surface area contributed by atoms with Crippen LogP contribution in [0.5, 0.6) is 5.75 Å². The van der Waals surface area contributed by atoms with Crippen LogP contribution in [0.1, 0.15) is 72.9 Å². The lowest BCUT2D eigenvalue weighted by molar-refractivity contribution is -0.117. The standard InChI is InChI=1S/C28H26O5/c1-2-17-9-11-19(12-10-17)28(31)32-20-15-13-18(14-16-20)25-26-21(29)5-3-7-23(26)33-24-8-4-6-22(30)27(24)25/h9-16,25H,2-8H2,1H3. The van der Waals surface area contributed by atoms with Crippen molar-refractivity contribution in [1.82, 2.24) is 0 Å². The zero-order valence-electron chi connectivity index (χ0n) is 18.7. The van der Waals surface area contributed by atoms with Crippen LogP contribution in [0.4, 0.5) is 0 Å². The van der Waals surface area contributed by atoms with Gasteiger partial charge in [0.05, 0.1) is 5.56 Å². The first-order valence-corrected chi connectivity index (χ1v) is 11.7. The van der Waals surface area contributed by atoms with Crippen LogP contribution in [0.2, 0.25) is 0 Å². The van der Waals surface area contributed by atoms with Crippen molar-refractivity contribution in [1.29, 1.82) is 0 Å². The normalized spacial score (nSPS) is 18.6. The highest BCUT2D eigenvalue weighted by Crippen LogP contribution is 2.47. The van der Waals surface area contributed by atoms with Gasteiger partial charge in [0, 0.05) is 42.7 Å². The summed E-state index contributed by atoms with van der Waals surface area (Å²) in [6.45, 7) is 2.06. The Morgan fingerprint density at radius 1 is 0.848 bits per heavy atom. The van der Waals surface area contributed by atoms with Crippen LogP contribution >= 0.6 is 0 Å². The molecule has 3 aliphatic rings. The van der Waals surface area contributed by atoms with E-state index < -0.39 is 11.9 Å². The number of benzene rings is 2. The summed E-state index contributed by atoms with van der Waals surface area (Å²) in [4.78, 5) is 38.3. The molecule has 0 amide bonds. The molecule has 0 bridgehead atoms. The molecule has 0 saturated heterocycles. The van der Waals surface area contributed by atoms with Crippen molar-refractivity contribution < 1.29 is 23.9 Å². The summed E-state index contributed by atoms with van der Waals surface area (Å²) in [6.07, 6.45) is 4.84. The zero-order chi connectivity index (χ0) is 22.9. The van der Waals surface area contributed by atoms with Crippen LogP contribution in [0.15, 0.2) is 71.2 Å². The number of aryl methyl sites for hydroxylation is 1. The highest BCUT2D eigenvalue weighted by atomic mass is 16.5. The number of Topliss-reactive ketones (excluding diaryl/α,β-unsaturated/α-hetero) is 2. The highest BCUT2D eigenvalue weighted by Gasteiger charge is 2.41. The van der Waals surface area contributed by atoms with E-state index in [9.17, 15) is 14.4 Å². The van der Waals surface area contributed by atoms with Gasteiger partial charge in [0.1, 0.15) is 17.3 Å². The van der Waals surface area contributed by atoms with E-state index in [0.29, 0.717) is 35.3 Å². The Bertz CT molecular complexity index is 1140. The van der Waals surface area contributed by atoms with Gasteiger partial charge >= 0.3 is 5.97 Å². The topological polar surface area (TPSA) is 69.7 Å². The van der Waals surface area contributed by atoms with Gasteiger partial charge in [-0.15, -0.1) is 0 Å². The fourth-order valence-electron chi connectivity index (χ4n) is 4.92. The first-order chi connectivity index (χ1) is 16.0. The fourth-order valence-corrected chi connectivity index (χ4v) is 4.92. The third kappa shape index (κ3) is 4.04. The summed E-state index contributed by atoms with van der Waals surface area (Å²) in [6, 6.07) is 14.5. The second-order valence-electron chi connectivity index (χ2n) is 8.77. The van der Waals surface area contributed by atoms with Crippen molar-refractivity contribution in [3.8, 4) is 5.75 Å². The van der Waals surface area contributed by atoms with Crippen LogP contribution in [0.25, 0.3) is 0 Å². The second-order valence-corrected chi connectivity index (χ2v) is 8.77. The van der Waals surface area contributed by atoms with Gasteiger partial charge in [-0.25, -0.2) is 4.79 Å². The lowest BCUT2D eigenvalue weighted by Crippen LogP contribution is -2.30. The van der Waals surface area contributed by atoms with Crippen molar-refractivity contribution in [3.05, 3.63) is 87.9 Å². The molecule has 1 heterocycles. The third-order valence-corrected chi connectivity index (χ3v) is 6.66. The Hall–Kier alpha value is -3.47. The number of allylic oxidation sites excluding steroid dienone is 4. The summed E-state index contributed by atoms with van der Waals surface area (Å²) >= 11 is 0. The average molecular weight is 443 g/mol. The fraction of sp³-hybridized carbons (Fsp3) is 0.321. The Labute approximate surface area is 193 Å². The van der Waals surface area contributed by atoms with Crippen molar-refractivity contribution in [3.63, 3.8) is 0 Å². The van der Waals surface area contributed by atoms with Crippen LogP contribution in [0.3, 0.4) is 0 Å². The summed E-state index contributed by atoms with van der Waals surface area (Å²) in [5.74, 6) is 1.14. The molecule has 33 heavy (non-hydrogen) atoms. The van der Waals surface area contributed by atoms with Gasteiger partial charge in [0.25, 0.3) is 0 Å². The molecule has 0 fully saturated rings. The van der Waals surface area contributed by atoms with Crippen molar-refractivity contribution >= 4 is 17.5 Å². The Kier molecular flexibility index (Phi) is 5.71. The maximum atomic E-state index is 12.9. The maximum Gasteiger partial charge on any atom is 0.343 e. The monoisotopic (exact) mass is 442 g/mol. The molecule has 0 unspecified atom stereocenters. The summed E-state index contributed by atoms with van der Waals surface area (Å²) in [5.41, 5.74) is 3.73. The third-order valence-electron chi connectivity index (χ3n) is 6.66. The molecule has 2 aliphatic carbocycles. The molecule has 1 aliphatic heterocycles. The summed E-state index contributed by atoms with van der Waals surface area (Å²) in [5, 5.41) is 0. The molecule has 0 saturated carbocycles. The Balaban J connectivity index is 1.43. The number of ether oxygens (including phenoxy) is 2. The second kappa shape index (κ2) is 8.81. The first kappa shape index (κ1) is 21.4. The maximum absolute atomic E-state index is 12.9. The minimum atomic E-state index is -0.420. The molecule has 2 aromatic carbocycles. The van der Waals surface area contributed by atoms with Gasteiger partial charge in [-0.3, -0.25) is 9.59 Å². The van der Waals surface area contributed by atoms with Gasteiger partial charge in [-0.05, 0) is 54.7 Å². The average Bonchev–Trinajstić information content (AvgIpc) is 2.84. The number of ketones is 2. The van der Waals surface area contributed by atoms with E-state index in [1.54, 1.807) is 24.3 Å². The smallest absolute Gasteiger partial charge is 0.343 e. The van der Waals surface area contributed by atoms with Gasteiger partial charge in [-0.2, -0.15) is 0 Å². The minimum absolute atomic E-state index is 0.0530. The molecule has 5 nitrogen and oxygen atoms in total. The quantitative estimate of drug-likeness (QED) is 0.456. The van der Waals surface area contributed by atoms with Gasteiger partial charge < -0.3 is 9.47 Å². The van der Waals surface area contributed by atoms with Gasteiger partial charge in [-0.1, -0.05) is 31.2 Å². The van der Waals surface area contributed by atoms with Crippen molar-refractivity contribution in [2.75, 3.05) is 0 Å². The minimum Gasteiger partial charge on any atom is -0.465 e. The molecule has 5 rings (SSSR count). The van der Waals surface area contributed by atoms with Gasteiger partial charge in [0.15, 0.2) is 11.6 Å². The van der Waals surface area contributed by atoms with E-state index in [2.05, 4.69) is 6.92 Å². The lowest BCUT2D eigenvalue weighted by Gasteiger charge is -2.36. The summed E-state index contributed by atoms with van der Waals surface area (Å²) in [7, 11) is 0.